The summed E-state index contributed by atoms with van der Waals surface area (Å²) in [6, 6.07) is 0. The van der Waals surface area contributed by atoms with Gasteiger partial charge in [0.15, 0.2) is 0 Å². The lowest BCUT2D eigenvalue weighted by Crippen LogP contribution is -2.27. The summed E-state index contributed by atoms with van der Waals surface area (Å²) < 4.78 is 0. The molecule has 1 aliphatic rings. The summed E-state index contributed by atoms with van der Waals surface area (Å²) in [6.07, 6.45) is 6.58. The van der Waals surface area contributed by atoms with E-state index < -0.39 is 0 Å². The van der Waals surface area contributed by atoms with Crippen molar-refractivity contribution in [1.29, 1.82) is 0 Å². The molecule has 1 unspecified atom stereocenters. The first kappa shape index (κ1) is 13.5. The van der Waals surface area contributed by atoms with Gasteiger partial charge in [-0.15, -0.1) is 0 Å². The van der Waals surface area contributed by atoms with Crippen LogP contribution in [0.2, 0.25) is 0 Å². The highest BCUT2D eigenvalue weighted by Crippen LogP contribution is 2.14. The molecule has 0 aromatic rings. The van der Waals surface area contributed by atoms with Crippen LogP contribution in [0.15, 0.2) is 0 Å². The molecule has 0 radical (unpaired) electrons. The second-order valence-electron chi connectivity index (χ2n) is 4.92. The van der Waals surface area contributed by atoms with Crippen molar-refractivity contribution < 1.29 is 4.79 Å². The van der Waals surface area contributed by atoms with Crippen LogP contribution in [0.5, 0.6) is 0 Å². The lowest BCUT2D eigenvalue weighted by molar-refractivity contribution is -0.130. The van der Waals surface area contributed by atoms with Crippen molar-refractivity contribution >= 4 is 5.91 Å². The fraction of sp³-hybridized carbons (Fsp3) is 0.923. The molecule has 0 spiro atoms. The van der Waals surface area contributed by atoms with E-state index in [-0.39, 0.29) is 0 Å². The Morgan fingerprint density at radius 3 is 2.88 bits per heavy atom. The van der Waals surface area contributed by atoms with Gasteiger partial charge >= 0.3 is 0 Å². The highest BCUT2D eigenvalue weighted by molar-refractivity contribution is 5.75. The summed E-state index contributed by atoms with van der Waals surface area (Å²) >= 11 is 0. The third kappa shape index (κ3) is 4.97. The highest BCUT2D eigenvalue weighted by atomic mass is 16.2. The van der Waals surface area contributed by atoms with Gasteiger partial charge in [0.25, 0.3) is 0 Å². The molecule has 0 aromatic heterocycles. The van der Waals surface area contributed by atoms with Crippen molar-refractivity contribution in [2.45, 2.75) is 45.4 Å². The van der Waals surface area contributed by atoms with Gasteiger partial charge in [-0.1, -0.05) is 13.3 Å². The van der Waals surface area contributed by atoms with Gasteiger partial charge in [0.2, 0.25) is 5.91 Å². The maximum atomic E-state index is 11.6. The minimum Gasteiger partial charge on any atom is -0.346 e. The number of carbonyl (C=O) groups is 1. The first-order valence-electron chi connectivity index (χ1n) is 6.68. The van der Waals surface area contributed by atoms with E-state index in [1.807, 2.05) is 11.9 Å². The first-order valence-corrected chi connectivity index (χ1v) is 6.68. The highest BCUT2D eigenvalue weighted by Gasteiger charge is 2.14. The summed E-state index contributed by atoms with van der Waals surface area (Å²) in [7, 11) is 1.94. The van der Waals surface area contributed by atoms with Crippen LogP contribution in [0.4, 0.5) is 0 Å². The van der Waals surface area contributed by atoms with Crippen molar-refractivity contribution in [1.82, 2.24) is 10.2 Å². The number of amides is 1. The van der Waals surface area contributed by atoms with Crippen molar-refractivity contribution in [2.24, 2.45) is 5.92 Å². The van der Waals surface area contributed by atoms with E-state index in [2.05, 4.69) is 12.2 Å². The Hall–Kier alpha value is -0.570. The molecule has 1 saturated heterocycles. The number of rotatable bonds is 7. The smallest absolute Gasteiger partial charge is 0.222 e. The van der Waals surface area contributed by atoms with Crippen LogP contribution in [0, 0.1) is 5.92 Å². The molecule has 1 N–H and O–H groups in total. The summed E-state index contributed by atoms with van der Waals surface area (Å²) in [5, 5.41) is 3.38. The first-order chi connectivity index (χ1) is 7.74. The zero-order valence-corrected chi connectivity index (χ0v) is 10.8. The Labute approximate surface area is 99.6 Å². The Morgan fingerprint density at radius 1 is 1.44 bits per heavy atom. The van der Waals surface area contributed by atoms with Crippen LogP contribution in [0.3, 0.4) is 0 Å². The van der Waals surface area contributed by atoms with Crippen LogP contribution in [0.25, 0.3) is 0 Å². The lowest BCUT2D eigenvalue weighted by Gasteiger charge is -2.18. The molecule has 16 heavy (non-hydrogen) atoms. The Balaban J connectivity index is 2.04. The molecule has 1 atom stereocenters. The van der Waals surface area contributed by atoms with Gasteiger partial charge in [0.1, 0.15) is 0 Å². The standard InChI is InChI=1S/C13H26N2O/c1-3-4-7-13(16)15(2)10-5-6-12-8-9-14-11-12/h12,14H,3-11H2,1-2H3. The van der Waals surface area contributed by atoms with Crippen molar-refractivity contribution in [3.8, 4) is 0 Å². The summed E-state index contributed by atoms with van der Waals surface area (Å²) in [4.78, 5) is 13.5. The molecule has 1 amide bonds. The van der Waals surface area contributed by atoms with E-state index in [9.17, 15) is 4.79 Å². The fourth-order valence-corrected chi connectivity index (χ4v) is 2.22. The predicted octanol–water partition coefficient (Wildman–Crippen LogP) is 2.02. The number of carbonyl (C=O) groups excluding carboxylic acids is 1. The van der Waals surface area contributed by atoms with Crippen LogP contribution >= 0.6 is 0 Å². The Bertz CT molecular complexity index is 200. The maximum absolute atomic E-state index is 11.6. The average molecular weight is 226 g/mol. The molecular weight excluding hydrogens is 200 g/mol. The van der Waals surface area contributed by atoms with Gasteiger partial charge in [0, 0.05) is 20.0 Å². The largest absolute Gasteiger partial charge is 0.346 e. The average Bonchev–Trinajstić information content (AvgIpc) is 2.78. The minimum absolute atomic E-state index is 0.311. The predicted molar refractivity (Wildman–Crippen MR) is 67.4 cm³/mol. The zero-order valence-electron chi connectivity index (χ0n) is 10.8. The molecule has 0 saturated carbocycles. The molecular formula is C13H26N2O. The molecule has 0 bridgehead atoms. The van der Waals surface area contributed by atoms with Gasteiger partial charge in [-0.05, 0) is 44.7 Å². The van der Waals surface area contributed by atoms with E-state index >= 15 is 0 Å². The topological polar surface area (TPSA) is 32.3 Å². The number of unbranched alkanes of at least 4 members (excludes halogenated alkanes) is 1. The minimum atomic E-state index is 0.311. The van der Waals surface area contributed by atoms with Crippen molar-refractivity contribution in [2.75, 3.05) is 26.7 Å². The molecule has 1 fully saturated rings. The molecule has 1 rings (SSSR count). The van der Waals surface area contributed by atoms with E-state index in [1.165, 1.54) is 25.9 Å². The van der Waals surface area contributed by atoms with Crippen molar-refractivity contribution in [3.05, 3.63) is 0 Å². The van der Waals surface area contributed by atoms with Gasteiger partial charge in [0.05, 0.1) is 0 Å². The zero-order chi connectivity index (χ0) is 11.8. The van der Waals surface area contributed by atoms with Crippen LogP contribution in [-0.4, -0.2) is 37.5 Å². The lowest BCUT2D eigenvalue weighted by atomic mass is 10.0. The SMILES string of the molecule is CCCCC(=O)N(C)CCCC1CCNC1. The van der Waals surface area contributed by atoms with Crippen LogP contribution in [-0.2, 0) is 4.79 Å². The molecule has 0 aliphatic carbocycles. The third-order valence-corrected chi connectivity index (χ3v) is 3.44. The molecule has 3 heteroatoms. The molecule has 94 valence electrons. The van der Waals surface area contributed by atoms with Gasteiger partial charge < -0.3 is 10.2 Å². The second-order valence-corrected chi connectivity index (χ2v) is 4.92. The molecule has 0 aromatic carbocycles. The van der Waals surface area contributed by atoms with E-state index in [1.54, 1.807) is 0 Å². The maximum Gasteiger partial charge on any atom is 0.222 e. The van der Waals surface area contributed by atoms with Crippen LogP contribution in [0.1, 0.15) is 45.4 Å². The monoisotopic (exact) mass is 226 g/mol. The molecule has 1 heterocycles. The van der Waals surface area contributed by atoms with Gasteiger partial charge in [-0.2, -0.15) is 0 Å². The third-order valence-electron chi connectivity index (χ3n) is 3.44. The van der Waals surface area contributed by atoms with Gasteiger partial charge in [-0.25, -0.2) is 0 Å². The fourth-order valence-electron chi connectivity index (χ4n) is 2.22. The molecule has 3 nitrogen and oxygen atoms in total. The number of nitrogens with zero attached hydrogens (tertiary/aromatic N) is 1. The summed E-state index contributed by atoms with van der Waals surface area (Å²) in [6.45, 7) is 5.41. The Morgan fingerprint density at radius 2 is 2.25 bits per heavy atom. The normalized spacial score (nSPS) is 20.0. The summed E-state index contributed by atoms with van der Waals surface area (Å²) in [5.41, 5.74) is 0. The van der Waals surface area contributed by atoms with Crippen molar-refractivity contribution in [3.63, 3.8) is 0 Å². The molecule has 1 aliphatic heterocycles. The second kappa shape index (κ2) is 7.66. The number of hydrogen-bond donors (Lipinski definition) is 1. The number of nitrogens with one attached hydrogen (secondary N) is 1. The Kier molecular flexibility index (Phi) is 6.46. The number of hydrogen-bond acceptors (Lipinski definition) is 2. The summed E-state index contributed by atoms with van der Waals surface area (Å²) in [5.74, 6) is 1.16. The van der Waals surface area contributed by atoms with Gasteiger partial charge in [-0.3, -0.25) is 4.79 Å². The van der Waals surface area contributed by atoms with E-state index in [4.69, 9.17) is 0 Å². The quantitative estimate of drug-likeness (QED) is 0.720. The van der Waals surface area contributed by atoms with E-state index in [0.717, 1.165) is 38.1 Å². The van der Waals surface area contributed by atoms with Crippen LogP contribution < -0.4 is 5.32 Å². The van der Waals surface area contributed by atoms with E-state index in [0.29, 0.717) is 5.91 Å².